The van der Waals surface area contributed by atoms with Gasteiger partial charge in [-0.05, 0) is 6.07 Å². The van der Waals surface area contributed by atoms with Crippen LogP contribution in [0.1, 0.15) is 12.0 Å². The van der Waals surface area contributed by atoms with Crippen LogP contribution in [0.3, 0.4) is 0 Å². The summed E-state index contributed by atoms with van der Waals surface area (Å²) in [6.07, 6.45) is 3.35. The molecule has 7 heteroatoms. The van der Waals surface area contributed by atoms with E-state index in [1.807, 2.05) is 0 Å². The van der Waals surface area contributed by atoms with Gasteiger partial charge in [-0.1, -0.05) is 30.4 Å². The first-order chi connectivity index (χ1) is 12.1. The number of carbonyl (C=O) groups excluding carboxylic acids is 2. The summed E-state index contributed by atoms with van der Waals surface area (Å²) in [6.45, 7) is 9.36. The van der Waals surface area contributed by atoms with Crippen molar-refractivity contribution in [1.82, 2.24) is 15.1 Å². The molecule has 2 rings (SSSR count). The first-order valence-electron chi connectivity index (χ1n) is 8.32. The molecule has 0 aliphatic carbocycles. The van der Waals surface area contributed by atoms with Gasteiger partial charge < -0.3 is 15.1 Å². The number of nitrogens with one attached hydrogen (secondary N) is 1. The Hall–Kier alpha value is -2.18. The van der Waals surface area contributed by atoms with Crippen LogP contribution in [-0.2, 0) is 16.1 Å². The van der Waals surface area contributed by atoms with Gasteiger partial charge in [-0.3, -0.25) is 9.59 Å². The number of piperazine rings is 1. The maximum atomic E-state index is 13.8. The van der Waals surface area contributed by atoms with Crippen LogP contribution >= 0.6 is 12.4 Å². The molecule has 1 aliphatic rings. The van der Waals surface area contributed by atoms with Gasteiger partial charge in [0.1, 0.15) is 5.82 Å². The van der Waals surface area contributed by atoms with Crippen LogP contribution < -0.4 is 5.32 Å². The van der Waals surface area contributed by atoms with Crippen molar-refractivity contribution in [3.05, 3.63) is 61.0 Å². The minimum atomic E-state index is -0.592. The van der Waals surface area contributed by atoms with Crippen molar-refractivity contribution in [1.29, 1.82) is 0 Å². The molecule has 0 spiro atoms. The predicted molar refractivity (Wildman–Crippen MR) is 102 cm³/mol. The minimum absolute atomic E-state index is 0. The normalized spacial score (nSPS) is 16.6. The summed E-state index contributed by atoms with van der Waals surface area (Å²) >= 11 is 0. The van der Waals surface area contributed by atoms with Gasteiger partial charge >= 0.3 is 0 Å². The van der Waals surface area contributed by atoms with Gasteiger partial charge in [0.15, 0.2) is 0 Å². The Morgan fingerprint density at radius 2 is 1.96 bits per heavy atom. The van der Waals surface area contributed by atoms with Crippen LogP contribution in [0.15, 0.2) is 49.6 Å². The molecule has 1 aromatic carbocycles. The van der Waals surface area contributed by atoms with Crippen molar-refractivity contribution >= 4 is 24.2 Å². The molecule has 1 heterocycles. The molecule has 1 unspecified atom stereocenters. The van der Waals surface area contributed by atoms with Crippen molar-refractivity contribution in [3.8, 4) is 0 Å². The molecule has 2 amide bonds. The molecule has 0 bridgehead atoms. The van der Waals surface area contributed by atoms with Crippen LogP contribution in [-0.4, -0.2) is 53.8 Å². The maximum absolute atomic E-state index is 13.8. The van der Waals surface area contributed by atoms with Gasteiger partial charge in [0.2, 0.25) is 11.8 Å². The average molecular weight is 382 g/mol. The molecule has 1 fully saturated rings. The van der Waals surface area contributed by atoms with Crippen LogP contribution in [0.5, 0.6) is 0 Å². The fraction of sp³-hybridized carbons (Fsp3) is 0.368. The molecule has 0 saturated carbocycles. The third kappa shape index (κ3) is 5.68. The highest BCUT2D eigenvalue weighted by Crippen LogP contribution is 2.14. The van der Waals surface area contributed by atoms with Crippen LogP contribution in [0.2, 0.25) is 0 Å². The average Bonchev–Trinajstić information content (AvgIpc) is 2.60. The standard InChI is InChI=1S/C19H24FN3O2.ClH/c1-3-10-22(11-4-2)18(24)13-17-19(25)23(12-9-21-17)14-15-7-5-6-8-16(15)20;/h3-8,17,21H,1-2,9-14H2;1H. The molecular formula is C19H25ClFN3O2. The highest BCUT2D eigenvalue weighted by atomic mass is 35.5. The number of nitrogens with zero attached hydrogens (tertiary/aromatic N) is 2. The lowest BCUT2D eigenvalue weighted by Gasteiger charge is -2.34. The van der Waals surface area contributed by atoms with Gasteiger partial charge in [-0.25, -0.2) is 4.39 Å². The summed E-state index contributed by atoms with van der Waals surface area (Å²) < 4.78 is 13.8. The van der Waals surface area contributed by atoms with E-state index in [4.69, 9.17) is 0 Å². The Balaban J connectivity index is 0.00000338. The van der Waals surface area contributed by atoms with Crippen LogP contribution in [0.4, 0.5) is 4.39 Å². The van der Waals surface area contributed by atoms with Crippen LogP contribution in [0.25, 0.3) is 0 Å². The largest absolute Gasteiger partial charge is 0.336 e. The van der Waals surface area contributed by atoms with Gasteiger partial charge in [0.05, 0.1) is 12.5 Å². The highest BCUT2D eigenvalue weighted by molar-refractivity contribution is 5.89. The molecule has 1 atom stereocenters. The Labute approximate surface area is 160 Å². The maximum Gasteiger partial charge on any atom is 0.240 e. The number of rotatable bonds is 8. The van der Waals surface area contributed by atoms with Crippen LogP contribution in [0, 0.1) is 5.82 Å². The molecular weight excluding hydrogens is 357 g/mol. The first-order valence-corrected chi connectivity index (χ1v) is 8.32. The number of benzene rings is 1. The molecule has 0 radical (unpaired) electrons. The molecule has 1 aromatic rings. The molecule has 1 saturated heterocycles. The van der Waals surface area contributed by atoms with E-state index in [1.54, 1.807) is 40.2 Å². The second-order valence-electron chi connectivity index (χ2n) is 5.94. The van der Waals surface area contributed by atoms with E-state index in [9.17, 15) is 14.0 Å². The van der Waals surface area contributed by atoms with Crippen molar-refractivity contribution in [3.63, 3.8) is 0 Å². The van der Waals surface area contributed by atoms with Crippen molar-refractivity contribution in [2.24, 2.45) is 0 Å². The quantitative estimate of drug-likeness (QED) is 0.702. The molecule has 5 nitrogen and oxygen atoms in total. The smallest absolute Gasteiger partial charge is 0.240 e. The summed E-state index contributed by atoms with van der Waals surface area (Å²) in [6, 6.07) is 5.82. The minimum Gasteiger partial charge on any atom is -0.336 e. The zero-order chi connectivity index (χ0) is 18.2. The van der Waals surface area contributed by atoms with E-state index >= 15 is 0 Å². The van der Waals surface area contributed by atoms with E-state index < -0.39 is 6.04 Å². The summed E-state index contributed by atoms with van der Waals surface area (Å²) in [5.41, 5.74) is 0.475. The zero-order valence-electron chi connectivity index (χ0n) is 14.7. The monoisotopic (exact) mass is 381 g/mol. The Bertz CT molecular complexity index is 643. The Morgan fingerprint density at radius 3 is 2.58 bits per heavy atom. The topological polar surface area (TPSA) is 52.7 Å². The predicted octanol–water partition coefficient (Wildman–Crippen LogP) is 2.14. The fourth-order valence-electron chi connectivity index (χ4n) is 2.83. The summed E-state index contributed by atoms with van der Waals surface area (Å²) in [5, 5.41) is 3.09. The van der Waals surface area contributed by atoms with Crippen molar-refractivity contribution < 1.29 is 14.0 Å². The van der Waals surface area contributed by atoms with Crippen molar-refractivity contribution in [2.75, 3.05) is 26.2 Å². The highest BCUT2D eigenvalue weighted by Gasteiger charge is 2.31. The Morgan fingerprint density at radius 1 is 1.31 bits per heavy atom. The number of amides is 2. The first kappa shape index (κ1) is 21.9. The molecule has 0 aromatic heterocycles. The van der Waals surface area contributed by atoms with E-state index in [-0.39, 0.29) is 43.0 Å². The number of carbonyl (C=O) groups is 2. The lowest BCUT2D eigenvalue weighted by Crippen LogP contribution is -2.56. The van der Waals surface area contributed by atoms with E-state index in [2.05, 4.69) is 18.5 Å². The zero-order valence-corrected chi connectivity index (χ0v) is 15.5. The molecule has 26 heavy (non-hydrogen) atoms. The molecule has 1 N–H and O–H groups in total. The third-order valence-corrected chi connectivity index (χ3v) is 4.13. The fourth-order valence-corrected chi connectivity index (χ4v) is 2.83. The lowest BCUT2D eigenvalue weighted by molar-refractivity contribution is -0.141. The second-order valence-corrected chi connectivity index (χ2v) is 5.94. The second kappa shape index (κ2) is 10.7. The van der Waals surface area contributed by atoms with Gasteiger partial charge in [0.25, 0.3) is 0 Å². The van der Waals surface area contributed by atoms with Gasteiger partial charge in [-0.15, -0.1) is 25.6 Å². The summed E-state index contributed by atoms with van der Waals surface area (Å²) in [4.78, 5) is 28.2. The molecule has 1 aliphatic heterocycles. The van der Waals surface area contributed by atoms with E-state index in [0.717, 1.165) is 0 Å². The Kier molecular flexibility index (Phi) is 9.02. The third-order valence-electron chi connectivity index (χ3n) is 4.13. The molecule has 142 valence electrons. The SMILES string of the molecule is C=CCN(CC=C)C(=O)CC1NCCN(Cc2ccccc2F)C1=O.Cl. The van der Waals surface area contributed by atoms with E-state index in [1.165, 1.54) is 6.07 Å². The number of hydrogen-bond donors (Lipinski definition) is 1. The number of hydrogen-bond acceptors (Lipinski definition) is 3. The number of halogens is 2. The van der Waals surface area contributed by atoms with Gasteiger partial charge in [0, 0.05) is 38.3 Å². The lowest BCUT2D eigenvalue weighted by atomic mass is 10.1. The van der Waals surface area contributed by atoms with Gasteiger partial charge in [-0.2, -0.15) is 0 Å². The van der Waals surface area contributed by atoms with Crippen molar-refractivity contribution in [2.45, 2.75) is 19.0 Å². The summed E-state index contributed by atoms with van der Waals surface area (Å²) in [7, 11) is 0. The summed E-state index contributed by atoms with van der Waals surface area (Å²) in [5.74, 6) is -0.650. The van der Waals surface area contributed by atoms with E-state index in [0.29, 0.717) is 31.7 Å².